The lowest BCUT2D eigenvalue weighted by atomic mass is 10.0. The van der Waals surface area contributed by atoms with Crippen molar-refractivity contribution < 1.29 is 9.90 Å². The number of aromatic nitrogens is 6. The standard InChI is InChI=1S/C16H16N6O2/c1-9-11(5-6-12(19-9)22-8-17-7-18-22)15(23)13-14(10-3-4-10)20-21(2)16(13)24/h5-8,10,24H,3-4H2,1-2H3. The van der Waals surface area contributed by atoms with Crippen LogP contribution in [-0.4, -0.2) is 40.4 Å². The third kappa shape index (κ3) is 2.27. The van der Waals surface area contributed by atoms with Crippen LogP contribution in [0.2, 0.25) is 0 Å². The molecule has 0 aromatic carbocycles. The molecule has 0 spiro atoms. The molecule has 0 radical (unpaired) electrons. The summed E-state index contributed by atoms with van der Waals surface area (Å²) in [6, 6.07) is 3.41. The molecule has 3 heterocycles. The van der Waals surface area contributed by atoms with Crippen LogP contribution in [0.1, 0.15) is 46.1 Å². The minimum atomic E-state index is -0.252. The fraction of sp³-hybridized carbons (Fsp3) is 0.312. The lowest BCUT2D eigenvalue weighted by Crippen LogP contribution is -2.09. The summed E-state index contributed by atoms with van der Waals surface area (Å²) in [6.07, 6.45) is 4.96. The van der Waals surface area contributed by atoms with E-state index in [-0.39, 0.29) is 17.6 Å². The van der Waals surface area contributed by atoms with E-state index in [0.717, 1.165) is 12.8 Å². The first-order valence-corrected chi connectivity index (χ1v) is 7.69. The molecule has 0 atom stereocenters. The maximum Gasteiger partial charge on any atom is 0.220 e. The van der Waals surface area contributed by atoms with Crippen LogP contribution < -0.4 is 0 Å². The smallest absolute Gasteiger partial charge is 0.220 e. The normalized spacial score (nSPS) is 14.1. The zero-order valence-electron chi connectivity index (χ0n) is 13.3. The van der Waals surface area contributed by atoms with Crippen LogP contribution in [-0.2, 0) is 7.05 Å². The van der Waals surface area contributed by atoms with Gasteiger partial charge in [-0.1, -0.05) is 0 Å². The van der Waals surface area contributed by atoms with E-state index in [9.17, 15) is 9.90 Å². The minimum absolute atomic E-state index is 0.0957. The van der Waals surface area contributed by atoms with Crippen LogP contribution in [0.5, 0.6) is 5.88 Å². The summed E-state index contributed by atoms with van der Waals surface area (Å²) < 4.78 is 2.88. The fourth-order valence-corrected chi connectivity index (χ4v) is 2.77. The number of carbonyl (C=O) groups excluding carboxylic acids is 1. The molecule has 0 unspecified atom stereocenters. The first kappa shape index (κ1) is 14.6. The third-order valence-corrected chi connectivity index (χ3v) is 4.20. The summed E-state index contributed by atoms with van der Waals surface area (Å²) >= 11 is 0. The number of nitrogens with zero attached hydrogens (tertiary/aromatic N) is 6. The van der Waals surface area contributed by atoms with Gasteiger partial charge in [0.25, 0.3) is 0 Å². The summed E-state index contributed by atoms with van der Waals surface area (Å²) in [5, 5.41) is 18.6. The van der Waals surface area contributed by atoms with Gasteiger partial charge in [0.1, 0.15) is 18.2 Å². The highest BCUT2D eigenvalue weighted by molar-refractivity contribution is 6.12. The summed E-state index contributed by atoms with van der Waals surface area (Å²) in [6.45, 7) is 1.76. The second kappa shape index (κ2) is 5.26. The van der Waals surface area contributed by atoms with Gasteiger partial charge in [-0.15, -0.1) is 0 Å². The van der Waals surface area contributed by atoms with Gasteiger partial charge < -0.3 is 5.11 Å². The van der Waals surface area contributed by atoms with Crippen LogP contribution in [0.25, 0.3) is 5.82 Å². The van der Waals surface area contributed by atoms with Crippen LogP contribution in [0.3, 0.4) is 0 Å². The number of ketones is 1. The Balaban J connectivity index is 1.76. The fourth-order valence-electron chi connectivity index (χ4n) is 2.77. The minimum Gasteiger partial charge on any atom is -0.493 e. The van der Waals surface area contributed by atoms with Crippen molar-refractivity contribution in [1.29, 1.82) is 0 Å². The molecule has 1 aliphatic carbocycles. The number of hydrogen-bond acceptors (Lipinski definition) is 6. The van der Waals surface area contributed by atoms with Crippen molar-refractivity contribution in [3.8, 4) is 11.7 Å². The molecule has 1 fully saturated rings. The molecule has 3 aromatic rings. The Bertz CT molecular complexity index is 924. The van der Waals surface area contributed by atoms with Crippen LogP contribution in [0.4, 0.5) is 0 Å². The van der Waals surface area contributed by atoms with Crippen molar-refractivity contribution in [3.05, 3.63) is 47.3 Å². The van der Waals surface area contributed by atoms with E-state index in [2.05, 4.69) is 20.2 Å². The van der Waals surface area contributed by atoms with Gasteiger partial charge in [0.05, 0.1) is 11.4 Å². The van der Waals surface area contributed by atoms with Crippen molar-refractivity contribution in [2.45, 2.75) is 25.7 Å². The van der Waals surface area contributed by atoms with Gasteiger partial charge in [-0.05, 0) is 31.9 Å². The second-order valence-corrected chi connectivity index (χ2v) is 5.95. The van der Waals surface area contributed by atoms with Gasteiger partial charge >= 0.3 is 0 Å². The zero-order chi connectivity index (χ0) is 16.8. The van der Waals surface area contributed by atoms with Crippen molar-refractivity contribution in [2.75, 3.05) is 0 Å². The number of hydrogen-bond donors (Lipinski definition) is 1. The highest BCUT2D eigenvalue weighted by Gasteiger charge is 2.34. The Hall–Kier alpha value is -3.03. The van der Waals surface area contributed by atoms with Gasteiger partial charge in [-0.3, -0.25) is 4.79 Å². The van der Waals surface area contributed by atoms with Gasteiger partial charge in [0, 0.05) is 18.5 Å². The lowest BCUT2D eigenvalue weighted by Gasteiger charge is -2.07. The Labute approximate surface area is 137 Å². The molecular weight excluding hydrogens is 308 g/mol. The Morgan fingerprint density at radius 2 is 2.12 bits per heavy atom. The maximum absolute atomic E-state index is 13.0. The lowest BCUT2D eigenvalue weighted by molar-refractivity contribution is 0.103. The van der Waals surface area contributed by atoms with Gasteiger partial charge in [-0.25, -0.2) is 19.3 Å². The number of rotatable bonds is 4. The van der Waals surface area contributed by atoms with Gasteiger partial charge in [0.15, 0.2) is 5.82 Å². The summed E-state index contributed by atoms with van der Waals surface area (Å²) in [4.78, 5) is 21.3. The highest BCUT2D eigenvalue weighted by Crippen LogP contribution is 2.43. The van der Waals surface area contributed by atoms with Crippen molar-refractivity contribution in [2.24, 2.45) is 7.05 Å². The summed E-state index contributed by atoms with van der Waals surface area (Å²) in [5.74, 6) is 0.498. The largest absolute Gasteiger partial charge is 0.493 e. The molecule has 0 bridgehead atoms. The van der Waals surface area contributed by atoms with E-state index >= 15 is 0 Å². The summed E-state index contributed by atoms with van der Waals surface area (Å²) in [5.41, 5.74) is 1.99. The number of aryl methyl sites for hydroxylation is 2. The molecule has 1 N–H and O–H groups in total. The van der Waals surface area contributed by atoms with Gasteiger partial charge in [0.2, 0.25) is 11.7 Å². The van der Waals surface area contributed by atoms with E-state index < -0.39 is 0 Å². The maximum atomic E-state index is 13.0. The monoisotopic (exact) mass is 324 g/mol. The average molecular weight is 324 g/mol. The molecule has 8 nitrogen and oxygen atoms in total. The number of carbonyl (C=O) groups is 1. The molecule has 4 rings (SSSR count). The molecule has 24 heavy (non-hydrogen) atoms. The topological polar surface area (TPSA) is 98.7 Å². The molecule has 1 aliphatic rings. The van der Waals surface area contributed by atoms with E-state index in [1.165, 1.54) is 15.7 Å². The molecule has 0 saturated heterocycles. The molecule has 3 aromatic heterocycles. The predicted molar refractivity (Wildman–Crippen MR) is 84.2 cm³/mol. The Morgan fingerprint density at radius 1 is 1.33 bits per heavy atom. The zero-order valence-corrected chi connectivity index (χ0v) is 13.3. The molecule has 1 saturated carbocycles. The van der Waals surface area contributed by atoms with E-state index in [1.807, 2.05) is 0 Å². The third-order valence-electron chi connectivity index (χ3n) is 4.20. The quantitative estimate of drug-likeness (QED) is 0.731. The summed E-state index contributed by atoms with van der Waals surface area (Å²) in [7, 11) is 1.64. The van der Waals surface area contributed by atoms with Crippen LogP contribution >= 0.6 is 0 Å². The molecule has 122 valence electrons. The Kier molecular flexibility index (Phi) is 3.19. The SMILES string of the molecule is Cc1nc(-n2cncn2)ccc1C(=O)c1c(C2CC2)nn(C)c1O. The van der Waals surface area contributed by atoms with Crippen LogP contribution in [0.15, 0.2) is 24.8 Å². The average Bonchev–Trinajstić information content (AvgIpc) is 3.17. The Morgan fingerprint density at radius 3 is 2.75 bits per heavy atom. The highest BCUT2D eigenvalue weighted by atomic mass is 16.3. The van der Waals surface area contributed by atoms with Crippen molar-refractivity contribution in [3.63, 3.8) is 0 Å². The first-order valence-electron chi connectivity index (χ1n) is 7.69. The molecular formula is C16H16N6O2. The van der Waals surface area contributed by atoms with E-state index in [0.29, 0.717) is 28.3 Å². The molecule has 0 amide bonds. The van der Waals surface area contributed by atoms with Crippen LogP contribution in [0, 0.1) is 6.92 Å². The van der Waals surface area contributed by atoms with E-state index in [4.69, 9.17) is 0 Å². The molecule has 8 heteroatoms. The number of aromatic hydroxyl groups is 1. The predicted octanol–water partition coefficient (Wildman–Crippen LogP) is 1.52. The van der Waals surface area contributed by atoms with Crippen molar-refractivity contribution >= 4 is 5.78 Å². The second-order valence-electron chi connectivity index (χ2n) is 5.95. The van der Waals surface area contributed by atoms with Gasteiger partial charge in [-0.2, -0.15) is 10.2 Å². The van der Waals surface area contributed by atoms with Crippen molar-refractivity contribution in [1.82, 2.24) is 29.5 Å². The molecule has 0 aliphatic heterocycles. The first-order chi connectivity index (χ1) is 11.6. The number of pyridine rings is 1. The van der Waals surface area contributed by atoms with E-state index in [1.54, 1.807) is 32.4 Å².